The molecule has 5 rings (SSSR count). The summed E-state index contributed by atoms with van der Waals surface area (Å²) in [7, 11) is 0. The number of para-hydroxylation sites is 1. The van der Waals surface area contributed by atoms with Crippen LogP contribution in [0.15, 0.2) is 58.5 Å². The van der Waals surface area contributed by atoms with Gasteiger partial charge in [0, 0.05) is 18.6 Å². The molecule has 3 unspecified atom stereocenters. The molecule has 0 radical (unpaired) electrons. The Morgan fingerprint density at radius 1 is 1.19 bits per heavy atom. The molecule has 2 heterocycles. The van der Waals surface area contributed by atoms with Crippen molar-refractivity contribution < 1.29 is 4.79 Å². The van der Waals surface area contributed by atoms with Gasteiger partial charge in [-0.15, -0.1) is 0 Å². The van der Waals surface area contributed by atoms with Crippen molar-refractivity contribution in [1.82, 2.24) is 25.7 Å². The Morgan fingerprint density at radius 2 is 2.00 bits per heavy atom. The topological polar surface area (TPSA) is 88.1 Å². The predicted octanol–water partition coefficient (Wildman–Crippen LogP) is 2.55. The molecule has 2 aromatic carbocycles. The van der Waals surface area contributed by atoms with E-state index in [1.165, 1.54) is 11.8 Å². The standard InChI is InChI=1S/C24H27N5O2S/c1-15-6-10-18(11-7-15)29-23(31)19-4-2-3-5-20(19)27-24(29)32-14-22(30)26-17-9-8-16-13-25-28-21(16)12-17/h2-7,10-11,16-17,21,25,28H,8-9,12-14H2,1H3,(H,26,30). The SMILES string of the molecule is Cc1ccc(-n2c(SCC(=O)NC3CCC4CNNC4C3)nc3ccccc3c2=O)cc1. The maximum Gasteiger partial charge on any atom is 0.266 e. The lowest BCUT2D eigenvalue weighted by Crippen LogP contribution is -2.45. The van der Waals surface area contributed by atoms with E-state index in [2.05, 4.69) is 16.2 Å². The molecular formula is C24H27N5O2S. The summed E-state index contributed by atoms with van der Waals surface area (Å²) in [4.78, 5) is 30.8. The first-order valence-electron chi connectivity index (χ1n) is 11.1. The van der Waals surface area contributed by atoms with Gasteiger partial charge in [-0.3, -0.25) is 25.0 Å². The smallest absolute Gasteiger partial charge is 0.266 e. The summed E-state index contributed by atoms with van der Waals surface area (Å²) < 4.78 is 1.61. The van der Waals surface area contributed by atoms with E-state index in [-0.39, 0.29) is 23.3 Å². The molecule has 1 aliphatic heterocycles. The highest BCUT2D eigenvalue weighted by Gasteiger charge is 2.34. The van der Waals surface area contributed by atoms with E-state index in [4.69, 9.17) is 4.98 Å². The van der Waals surface area contributed by atoms with Crippen molar-refractivity contribution in [3.8, 4) is 5.69 Å². The van der Waals surface area contributed by atoms with Crippen LogP contribution < -0.4 is 21.7 Å². The van der Waals surface area contributed by atoms with Gasteiger partial charge < -0.3 is 5.32 Å². The van der Waals surface area contributed by atoms with Crippen LogP contribution in [-0.2, 0) is 4.79 Å². The molecule has 8 heteroatoms. The highest BCUT2D eigenvalue weighted by Crippen LogP contribution is 2.27. The number of hydrazine groups is 1. The van der Waals surface area contributed by atoms with Crippen molar-refractivity contribution in [3.05, 3.63) is 64.4 Å². The number of fused-ring (bicyclic) bond motifs is 2. The van der Waals surface area contributed by atoms with Crippen LogP contribution in [-0.4, -0.2) is 39.8 Å². The van der Waals surface area contributed by atoms with E-state index in [9.17, 15) is 9.59 Å². The summed E-state index contributed by atoms with van der Waals surface area (Å²) in [6.07, 6.45) is 3.06. The van der Waals surface area contributed by atoms with Gasteiger partial charge >= 0.3 is 0 Å². The average Bonchev–Trinajstić information content (AvgIpc) is 3.27. The third-order valence-electron chi connectivity index (χ3n) is 6.38. The monoisotopic (exact) mass is 449 g/mol. The van der Waals surface area contributed by atoms with E-state index in [0.29, 0.717) is 28.0 Å². The lowest BCUT2D eigenvalue weighted by Gasteiger charge is -2.31. The molecule has 1 saturated carbocycles. The number of amides is 1. The minimum absolute atomic E-state index is 0.0257. The van der Waals surface area contributed by atoms with Crippen molar-refractivity contribution in [2.75, 3.05) is 12.3 Å². The number of benzene rings is 2. The molecule has 3 atom stereocenters. The van der Waals surface area contributed by atoms with Crippen molar-refractivity contribution in [2.45, 2.75) is 43.4 Å². The van der Waals surface area contributed by atoms with Crippen LogP contribution >= 0.6 is 11.8 Å². The molecule has 32 heavy (non-hydrogen) atoms. The van der Waals surface area contributed by atoms with E-state index in [1.807, 2.05) is 49.4 Å². The van der Waals surface area contributed by atoms with Gasteiger partial charge in [-0.1, -0.05) is 41.6 Å². The van der Waals surface area contributed by atoms with E-state index in [0.717, 1.165) is 37.1 Å². The Bertz CT molecular complexity index is 1190. The van der Waals surface area contributed by atoms with Crippen molar-refractivity contribution in [3.63, 3.8) is 0 Å². The summed E-state index contributed by atoms with van der Waals surface area (Å²) in [6.45, 7) is 3.02. The zero-order valence-electron chi connectivity index (χ0n) is 18.0. The number of rotatable bonds is 5. The van der Waals surface area contributed by atoms with Crippen LogP contribution in [0.25, 0.3) is 16.6 Å². The van der Waals surface area contributed by atoms with Gasteiger partial charge in [0.15, 0.2) is 5.16 Å². The normalized spacial score (nSPS) is 22.6. The molecular weight excluding hydrogens is 422 g/mol. The van der Waals surface area contributed by atoms with Crippen LogP contribution in [0.4, 0.5) is 0 Å². The maximum atomic E-state index is 13.3. The summed E-state index contributed by atoms with van der Waals surface area (Å²) in [5, 5.41) is 4.27. The minimum Gasteiger partial charge on any atom is -0.353 e. The number of carbonyl (C=O) groups is 1. The second-order valence-corrected chi connectivity index (χ2v) is 9.59. The van der Waals surface area contributed by atoms with Crippen molar-refractivity contribution >= 4 is 28.6 Å². The van der Waals surface area contributed by atoms with Crippen LogP contribution in [0.5, 0.6) is 0 Å². The summed E-state index contributed by atoms with van der Waals surface area (Å²) in [5.74, 6) is 0.845. The number of nitrogens with one attached hydrogen (secondary N) is 3. The van der Waals surface area contributed by atoms with Gasteiger partial charge in [-0.05, 0) is 56.4 Å². The van der Waals surface area contributed by atoms with Crippen molar-refractivity contribution in [1.29, 1.82) is 0 Å². The lowest BCUT2D eigenvalue weighted by atomic mass is 9.83. The summed E-state index contributed by atoms with van der Waals surface area (Å²) in [6, 6.07) is 15.7. The molecule has 166 valence electrons. The van der Waals surface area contributed by atoms with Gasteiger partial charge in [-0.25, -0.2) is 4.98 Å². The fourth-order valence-corrected chi connectivity index (χ4v) is 5.46. The predicted molar refractivity (Wildman–Crippen MR) is 127 cm³/mol. The number of hydrogen-bond donors (Lipinski definition) is 3. The van der Waals surface area contributed by atoms with E-state index < -0.39 is 0 Å². The van der Waals surface area contributed by atoms with Crippen LogP contribution in [0.2, 0.25) is 0 Å². The van der Waals surface area contributed by atoms with Crippen LogP contribution in [0, 0.1) is 12.8 Å². The summed E-state index contributed by atoms with van der Waals surface area (Å²) >= 11 is 1.30. The number of nitrogens with zero attached hydrogens (tertiary/aromatic N) is 2. The lowest BCUT2D eigenvalue weighted by molar-refractivity contribution is -0.119. The van der Waals surface area contributed by atoms with Gasteiger partial charge in [0.25, 0.3) is 5.56 Å². The molecule has 3 aromatic rings. The number of hydrogen-bond acceptors (Lipinski definition) is 6. The first kappa shape index (κ1) is 21.2. The first-order chi connectivity index (χ1) is 15.6. The quantitative estimate of drug-likeness (QED) is 0.410. The maximum absolute atomic E-state index is 13.3. The Hall–Kier alpha value is -2.68. The minimum atomic E-state index is -0.125. The Morgan fingerprint density at radius 3 is 2.84 bits per heavy atom. The van der Waals surface area contributed by atoms with Gasteiger partial charge in [0.2, 0.25) is 5.91 Å². The third kappa shape index (κ3) is 4.30. The highest BCUT2D eigenvalue weighted by molar-refractivity contribution is 7.99. The zero-order valence-corrected chi connectivity index (χ0v) is 18.8. The summed E-state index contributed by atoms with van der Waals surface area (Å²) in [5.41, 5.74) is 8.92. The molecule has 3 N–H and O–H groups in total. The number of aromatic nitrogens is 2. The average molecular weight is 450 g/mol. The molecule has 2 aliphatic rings. The Kier molecular flexibility index (Phi) is 5.99. The van der Waals surface area contributed by atoms with Gasteiger partial charge in [0.1, 0.15) is 0 Å². The van der Waals surface area contributed by atoms with Crippen molar-refractivity contribution in [2.24, 2.45) is 5.92 Å². The highest BCUT2D eigenvalue weighted by atomic mass is 32.2. The fourth-order valence-electron chi connectivity index (χ4n) is 4.64. The Balaban J connectivity index is 1.36. The third-order valence-corrected chi connectivity index (χ3v) is 7.32. The zero-order chi connectivity index (χ0) is 22.1. The second kappa shape index (κ2) is 9.05. The van der Waals surface area contributed by atoms with Crippen LogP contribution in [0.3, 0.4) is 0 Å². The molecule has 0 spiro atoms. The molecule has 1 aromatic heterocycles. The fraction of sp³-hybridized carbons (Fsp3) is 0.375. The molecule has 1 aliphatic carbocycles. The van der Waals surface area contributed by atoms with Gasteiger partial charge in [-0.2, -0.15) is 0 Å². The van der Waals surface area contributed by atoms with Crippen LogP contribution in [0.1, 0.15) is 24.8 Å². The van der Waals surface area contributed by atoms with E-state index >= 15 is 0 Å². The molecule has 1 amide bonds. The van der Waals surface area contributed by atoms with E-state index in [1.54, 1.807) is 10.6 Å². The van der Waals surface area contributed by atoms with Gasteiger partial charge in [0.05, 0.1) is 22.3 Å². The largest absolute Gasteiger partial charge is 0.353 e. The molecule has 1 saturated heterocycles. The second-order valence-electron chi connectivity index (χ2n) is 8.65. The molecule has 2 fully saturated rings. The molecule has 0 bridgehead atoms. The number of aryl methyl sites for hydroxylation is 1. The molecule has 7 nitrogen and oxygen atoms in total. The Labute approximate surface area is 191 Å². The number of thioether (sulfide) groups is 1. The first-order valence-corrected chi connectivity index (χ1v) is 12.1. The number of carbonyl (C=O) groups excluding carboxylic acids is 1.